The fourth-order valence-corrected chi connectivity index (χ4v) is 3.85. The summed E-state index contributed by atoms with van der Waals surface area (Å²) in [6, 6.07) is 13.6. The number of thiocarbonyl (C=S) groups is 1. The van der Waals surface area contributed by atoms with Crippen molar-refractivity contribution in [2.75, 3.05) is 20.3 Å². The van der Waals surface area contributed by atoms with Crippen LogP contribution in [0.2, 0.25) is 0 Å². The van der Waals surface area contributed by atoms with Crippen LogP contribution in [0.15, 0.2) is 53.4 Å². The third-order valence-corrected chi connectivity index (χ3v) is 5.48. The van der Waals surface area contributed by atoms with Crippen LogP contribution in [0, 0.1) is 0 Å². The van der Waals surface area contributed by atoms with Gasteiger partial charge >= 0.3 is 5.97 Å². The molecule has 0 saturated carbocycles. The van der Waals surface area contributed by atoms with Crippen LogP contribution in [0.5, 0.6) is 11.5 Å². The van der Waals surface area contributed by atoms with Crippen molar-refractivity contribution in [1.29, 1.82) is 0 Å². The Kier molecular flexibility index (Phi) is 7.85. The fraction of sp³-hybridized carbons (Fsp3) is 0.182. The zero-order valence-corrected chi connectivity index (χ0v) is 19.0. The van der Waals surface area contributed by atoms with Crippen LogP contribution in [0.4, 0.5) is 0 Å². The number of esters is 1. The lowest BCUT2D eigenvalue weighted by molar-refractivity contribution is -0.142. The van der Waals surface area contributed by atoms with Crippen LogP contribution in [0.1, 0.15) is 22.8 Å². The summed E-state index contributed by atoms with van der Waals surface area (Å²) in [6.07, 6.45) is 1.64. The summed E-state index contributed by atoms with van der Waals surface area (Å²) in [5.74, 6) is -0.602. The lowest BCUT2D eigenvalue weighted by Gasteiger charge is -2.15. The average molecular weight is 473 g/mol. The van der Waals surface area contributed by atoms with Crippen molar-refractivity contribution in [1.82, 2.24) is 10.4 Å². The van der Waals surface area contributed by atoms with Gasteiger partial charge in [0.25, 0.3) is 11.8 Å². The summed E-state index contributed by atoms with van der Waals surface area (Å²) in [5, 5.41) is 1.05. The van der Waals surface area contributed by atoms with Crippen LogP contribution in [-0.2, 0) is 14.3 Å². The Morgan fingerprint density at radius 3 is 2.56 bits per heavy atom. The summed E-state index contributed by atoms with van der Waals surface area (Å²) < 4.78 is 15.8. The second kappa shape index (κ2) is 10.8. The highest BCUT2D eigenvalue weighted by Crippen LogP contribution is 2.34. The smallest absolute Gasteiger partial charge is 0.343 e. The molecule has 0 aromatic heterocycles. The number of hydrogen-bond acceptors (Lipinski definition) is 8. The maximum atomic E-state index is 12.8. The first-order chi connectivity index (χ1) is 15.4. The molecule has 32 heavy (non-hydrogen) atoms. The van der Waals surface area contributed by atoms with E-state index in [1.807, 2.05) is 6.92 Å². The highest BCUT2D eigenvalue weighted by Gasteiger charge is 2.33. The highest BCUT2D eigenvalue weighted by atomic mass is 32.2. The molecule has 0 bridgehead atoms. The molecule has 1 fully saturated rings. The molecule has 0 unspecified atom stereocenters. The summed E-state index contributed by atoms with van der Waals surface area (Å²) in [5.41, 5.74) is 3.61. The Morgan fingerprint density at radius 2 is 1.88 bits per heavy atom. The number of methoxy groups -OCH3 is 1. The number of benzene rings is 2. The first-order valence-corrected chi connectivity index (χ1v) is 10.8. The van der Waals surface area contributed by atoms with Crippen molar-refractivity contribution < 1.29 is 28.6 Å². The number of carbonyl (C=O) groups excluding carboxylic acids is 3. The minimum Gasteiger partial charge on any atom is -0.490 e. The van der Waals surface area contributed by atoms with Gasteiger partial charge in [0.05, 0.1) is 18.6 Å². The topological polar surface area (TPSA) is 94.2 Å². The predicted octanol–water partition coefficient (Wildman–Crippen LogP) is 3.18. The van der Waals surface area contributed by atoms with Crippen LogP contribution >= 0.6 is 24.0 Å². The van der Waals surface area contributed by atoms with Gasteiger partial charge in [-0.3, -0.25) is 15.0 Å². The van der Waals surface area contributed by atoms with Gasteiger partial charge in [-0.1, -0.05) is 36.0 Å². The Hall–Kier alpha value is -3.37. The van der Waals surface area contributed by atoms with Crippen molar-refractivity contribution in [2.45, 2.75) is 6.92 Å². The number of hydrogen-bond donors (Lipinski definition) is 1. The maximum absolute atomic E-state index is 12.8. The second-order valence-electron chi connectivity index (χ2n) is 6.33. The molecule has 0 aliphatic carbocycles. The first kappa shape index (κ1) is 23.3. The van der Waals surface area contributed by atoms with Gasteiger partial charge in [-0.05, 0) is 55.0 Å². The summed E-state index contributed by atoms with van der Waals surface area (Å²) >= 11 is 6.34. The second-order valence-corrected chi connectivity index (χ2v) is 8.00. The third-order valence-electron chi connectivity index (χ3n) is 4.18. The molecule has 0 radical (unpaired) electrons. The van der Waals surface area contributed by atoms with Gasteiger partial charge < -0.3 is 14.2 Å². The van der Waals surface area contributed by atoms with Gasteiger partial charge in [-0.15, -0.1) is 0 Å². The number of carbonyl (C=O) groups is 3. The largest absolute Gasteiger partial charge is 0.490 e. The van der Waals surface area contributed by atoms with Crippen LogP contribution in [0.3, 0.4) is 0 Å². The summed E-state index contributed by atoms with van der Waals surface area (Å²) in [7, 11) is 1.27. The van der Waals surface area contributed by atoms with Gasteiger partial charge in [0.15, 0.2) is 22.4 Å². The third kappa shape index (κ3) is 5.65. The van der Waals surface area contributed by atoms with E-state index in [0.717, 1.165) is 16.8 Å². The van der Waals surface area contributed by atoms with Gasteiger partial charge in [-0.2, -0.15) is 5.01 Å². The predicted molar refractivity (Wildman–Crippen MR) is 124 cm³/mol. The molecule has 1 N–H and O–H groups in total. The summed E-state index contributed by atoms with van der Waals surface area (Å²) in [6.45, 7) is 1.94. The highest BCUT2D eigenvalue weighted by molar-refractivity contribution is 8.26. The van der Waals surface area contributed by atoms with Gasteiger partial charge in [0.1, 0.15) is 0 Å². The molecule has 3 rings (SSSR count). The van der Waals surface area contributed by atoms with Crippen LogP contribution in [-0.4, -0.2) is 47.4 Å². The van der Waals surface area contributed by atoms with Crippen molar-refractivity contribution in [2.24, 2.45) is 0 Å². The van der Waals surface area contributed by atoms with E-state index in [1.54, 1.807) is 54.6 Å². The van der Waals surface area contributed by atoms with E-state index < -0.39 is 17.8 Å². The quantitative estimate of drug-likeness (QED) is 0.356. The zero-order valence-electron chi connectivity index (χ0n) is 17.3. The molecule has 2 aromatic carbocycles. The van der Waals surface area contributed by atoms with Crippen molar-refractivity contribution in [3.05, 3.63) is 64.6 Å². The minimum absolute atomic E-state index is 0.216. The Balaban J connectivity index is 1.76. The van der Waals surface area contributed by atoms with E-state index in [0.29, 0.717) is 34.1 Å². The number of nitrogens with one attached hydrogen (secondary N) is 1. The van der Waals surface area contributed by atoms with Crippen molar-refractivity contribution >= 4 is 52.2 Å². The SMILES string of the molecule is CCOc1cc(/C=C2/SC(=S)N(NC(=O)c3ccccc3)C2=O)ccc1OCC(=O)OC. The number of nitrogens with zero attached hydrogens (tertiary/aromatic N) is 1. The maximum Gasteiger partial charge on any atom is 0.343 e. The van der Waals surface area contributed by atoms with E-state index in [-0.39, 0.29) is 10.9 Å². The minimum atomic E-state index is -0.516. The molecule has 0 atom stereocenters. The number of rotatable bonds is 8. The number of hydrazine groups is 1. The van der Waals surface area contributed by atoms with Gasteiger partial charge in [0.2, 0.25) is 0 Å². The Labute approximate surface area is 194 Å². The molecule has 0 spiro atoms. The molecular formula is C22H20N2O6S2. The van der Waals surface area contributed by atoms with E-state index in [9.17, 15) is 14.4 Å². The van der Waals surface area contributed by atoms with Crippen molar-refractivity contribution in [3.8, 4) is 11.5 Å². The number of ether oxygens (including phenoxy) is 3. The lowest BCUT2D eigenvalue weighted by atomic mass is 10.2. The molecule has 1 aliphatic rings. The van der Waals surface area contributed by atoms with E-state index in [4.69, 9.17) is 21.7 Å². The molecule has 2 amide bonds. The van der Waals surface area contributed by atoms with Crippen LogP contribution in [0.25, 0.3) is 6.08 Å². The monoisotopic (exact) mass is 472 g/mol. The fourth-order valence-electron chi connectivity index (χ4n) is 2.67. The summed E-state index contributed by atoms with van der Waals surface area (Å²) in [4.78, 5) is 36.9. The first-order valence-electron chi connectivity index (χ1n) is 9.53. The molecule has 1 aliphatic heterocycles. The lowest BCUT2D eigenvalue weighted by Crippen LogP contribution is -2.44. The number of amides is 2. The van der Waals surface area contributed by atoms with Crippen LogP contribution < -0.4 is 14.9 Å². The molecule has 10 heteroatoms. The number of thioether (sulfide) groups is 1. The molecule has 1 heterocycles. The standard InChI is InChI=1S/C22H20N2O6S2/c1-3-29-17-11-14(9-10-16(17)30-13-19(25)28-2)12-18-21(27)24(22(31)32-18)23-20(26)15-7-5-4-6-8-15/h4-12H,3,13H2,1-2H3,(H,23,26)/b18-12+. The Morgan fingerprint density at radius 1 is 1.12 bits per heavy atom. The molecule has 8 nitrogen and oxygen atoms in total. The Bertz CT molecular complexity index is 1070. The van der Waals surface area contributed by atoms with E-state index >= 15 is 0 Å². The average Bonchev–Trinajstić information content (AvgIpc) is 3.06. The van der Waals surface area contributed by atoms with Gasteiger partial charge in [0, 0.05) is 5.56 Å². The van der Waals surface area contributed by atoms with E-state index in [1.165, 1.54) is 7.11 Å². The molecule has 1 saturated heterocycles. The zero-order chi connectivity index (χ0) is 23.1. The van der Waals surface area contributed by atoms with E-state index in [2.05, 4.69) is 10.2 Å². The molecule has 166 valence electrons. The normalized spacial score (nSPS) is 14.4. The van der Waals surface area contributed by atoms with Gasteiger partial charge in [-0.25, -0.2) is 4.79 Å². The van der Waals surface area contributed by atoms with Crippen molar-refractivity contribution in [3.63, 3.8) is 0 Å². The molecule has 2 aromatic rings. The molecular weight excluding hydrogens is 452 g/mol.